The fourth-order valence-electron chi connectivity index (χ4n) is 1.68. The highest BCUT2D eigenvalue weighted by Crippen LogP contribution is 2.34. The zero-order valence-electron chi connectivity index (χ0n) is 12.2. The molecule has 0 fully saturated rings. The molecule has 0 bridgehead atoms. The summed E-state index contributed by atoms with van der Waals surface area (Å²) in [6.45, 7) is 3.81. The number of nitrogens with one attached hydrogen (secondary N) is 2. The van der Waals surface area contributed by atoms with Gasteiger partial charge in [0.2, 0.25) is 0 Å². The molecule has 0 saturated carbocycles. The average molecular weight is 347 g/mol. The van der Waals surface area contributed by atoms with Gasteiger partial charge < -0.3 is 16.4 Å². The molecule has 2 aromatic rings. The van der Waals surface area contributed by atoms with E-state index in [1.165, 1.54) is 6.33 Å². The van der Waals surface area contributed by atoms with Gasteiger partial charge in [0.25, 0.3) is 0 Å². The molecular formula is C13H14ClF3N6. The van der Waals surface area contributed by atoms with Crippen molar-refractivity contribution in [2.45, 2.75) is 26.1 Å². The lowest BCUT2D eigenvalue weighted by Gasteiger charge is -2.15. The van der Waals surface area contributed by atoms with Gasteiger partial charge in [-0.3, -0.25) is 0 Å². The summed E-state index contributed by atoms with van der Waals surface area (Å²) < 4.78 is 37.8. The highest BCUT2D eigenvalue weighted by atomic mass is 35.5. The van der Waals surface area contributed by atoms with Crippen molar-refractivity contribution in [1.82, 2.24) is 15.0 Å². The van der Waals surface area contributed by atoms with Crippen molar-refractivity contribution in [3.05, 3.63) is 29.2 Å². The predicted molar refractivity (Wildman–Crippen MR) is 82.7 cm³/mol. The van der Waals surface area contributed by atoms with Crippen LogP contribution in [0.25, 0.3) is 0 Å². The van der Waals surface area contributed by atoms with Gasteiger partial charge in [0, 0.05) is 12.2 Å². The smallest absolute Gasteiger partial charge is 0.393 e. The van der Waals surface area contributed by atoms with Crippen molar-refractivity contribution in [2.75, 3.05) is 16.4 Å². The quantitative estimate of drug-likeness (QED) is 0.782. The Morgan fingerprint density at radius 3 is 2.35 bits per heavy atom. The molecule has 2 rings (SSSR count). The summed E-state index contributed by atoms with van der Waals surface area (Å²) in [5, 5.41) is 5.53. The van der Waals surface area contributed by atoms with E-state index in [2.05, 4.69) is 25.6 Å². The molecule has 6 nitrogen and oxygen atoms in total. The summed E-state index contributed by atoms with van der Waals surface area (Å²) in [5.41, 5.74) is 5.20. The van der Waals surface area contributed by atoms with Crippen LogP contribution in [-0.4, -0.2) is 21.0 Å². The third kappa shape index (κ3) is 4.13. The van der Waals surface area contributed by atoms with Gasteiger partial charge in [0.05, 0.1) is 10.6 Å². The number of hydrogen-bond donors (Lipinski definition) is 3. The Morgan fingerprint density at radius 2 is 1.78 bits per heavy atom. The van der Waals surface area contributed by atoms with Crippen LogP contribution in [0.5, 0.6) is 0 Å². The van der Waals surface area contributed by atoms with Crippen LogP contribution in [0.2, 0.25) is 5.02 Å². The van der Waals surface area contributed by atoms with E-state index in [1.807, 2.05) is 13.8 Å². The molecule has 0 aromatic carbocycles. The summed E-state index contributed by atoms with van der Waals surface area (Å²) in [4.78, 5) is 11.6. The monoisotopic (exact) mass is 346 g/mol. The second-order valence-corrected chi connectivity index (χ2v) is 5.37. The number of halogens is 4. The van der Waals surface area contributed by atoms with Crippen molar-refractivity contribution in [1.29, 1.82) is 0 Å². The first kappa shape index (κ1) is 17.1. The standard InChI is InChI=1S/C13H14ClF3N6/c1-6(2)22-11-9(18)12(21-5-20-11)23-10-8(14)3-7(4-19-10)13(15,16)17/h3-6H,18H2,1-2H3,(H2,19,20,21,22,23). The zero-order valence-corrected chi connectivity index (χ0v) is 13.0. The topological polar surface area (TPSA) is 88.8 Å². The van der Waals surface area contributed by atoms with E-state index >= 15 is 0 Å². The van der Waals surface area contributed by atoms with Crippen LogP contribution in [0.4, 0.5) is 36.3 Å². The van der Waals surface area contributed by atoms with Crippen LogP contribution < -0.4 is 16.4 Å². The summed E-state index contributed by atoms with van der Waals surface area (Å²) in [6, 6.07) is 0.870. The number of anilines is 4. The summed E-state index contributed by atoms with van der Waals surface area (Å²) in [6.07, 6.45) is -2.57. The number of nitrogens with zero attached hydrogens (tertiary/aromatic N) is 3. The summed E-state index contributed by atoms with van der Waals surface area (Å²) in [7, 11) is 0. The van der Waals surface area contributed by atoms with Crippen molar-refractivity contribution >= 4 is 34.7 Å². The zero-order chi connectivity index (χ0) is 17.2. The van der Waals surface area contributed by atoms with Crippen LogP contribution in [-0.2, 0) is 6.18 Å². The van der Waals surface area contributed by atoms with E-state index in [0.29, 0.717) is 12.0 Å². The van der Waals surface area contributed by atoms with Gasteiger partial charge in [0.1, 0.15) is 17.8 Å². The first-order chi connectivity index (χ1) is 10.7. The first-order valence-corrected chi connectivity index (χ1v) is 6.93. The Hall–Kier alpha value is -2.29. The van der Waals surface area contributed by atoms with Crippen molar-refractivity contribution < 1.29 is 13.2 Å². The SMILES string of the molecule is CC(C)Nc1ncnc(Nc2ncc(C(F)(F)F)cc2Cl)c1N. The van der Waals surface area contributed by atoms with E-state index < -0.39 is 11.7 Å². The Balaban J connectivity index is 2.29. The molecule has 2 aromatic heterocycles. The summed E-state index contributed by atoms with van der Waals surface area (Å²) >= 11 is 5.84. The minimum atomic E-state index is -4.52. The minimum absolute atomic E-state index is 0.0144. The molecule has 0 atom stereocenters. The van der Waals surface area contributed by atoms with E-state index in [0.717, 1.165) is 6.07 Å². The largest absolute Gasteiger partial charge is 0.417 e. The Kier molecular flexibility index (Phi) is 4.79. The van der Waals surface area contributed by atoms with Gasteiger partial charge in [-0.2, -0.15) is 13.2 Å². The third-order valence-corrected chi connectivity index (χ3v) is 3.00. The molecule has 0 unspecified atom stereocenters. The Bertz CT molecular complexity index is 705. The van der Waals surface area contributed by atoms with E-state index in [-0.39, 0.29) is 28.4 Å². The van der Waals surface area contributed by atoms with Gasteiger partial charge in [-0.05, 0) is 19.9 Å². The minimum Gasteiger partial charge on any atom is -0.393 e. The number of rotatable bonds is 4. The second kappa shape index (κ2) is 6.45. The molecule has 124 valence electrons. The lowest BCUT2D eigenvalue weighted by Crippen LogP contribution is -2.14. The lowest BCUT2D eigenvalue weighted by atomic mass is 10.2. The molecule has 0 saturated heterocycles. The van der Waals surface area contributed by atoms with Crippen molar-refractivity contribution in [2.24, 2.45) is 0 Å². The number of hydrogen-bond acceptors (Lipinski definition) is 6. The molecule has 0 spiro atoms. The molecule has 4 N–H and O–H groups in total. The molecular weight excluding hydrogens is 333 g/mol. The molecule has 0 aliphatic rings. The second-order valence-electron chi connectivity index (χ2n) is 4.96. The van der Waals surface area contributed by atoms with Crippen LogP contribution >= 0.6 is 11.6 Å². The van der Waals surface area contributed by atoms with E-state index in [9.17, 15) is 13.2 Å². The fraction of sp³-hybridized carbons (Fsp3) is 0.308. The molecule has 0 radical (unpaired) electrons. The maximum absolute atomic E-state index is 12.6. The normalized spacial score (nSPS) is 11.6. The molecule has 2 heterocycles. The number of aromatic nitrogens is 3. The summed E-state index contributed by atoms with van der Waals surface area (Å²) in [5.74, 6) is 0.610. The number of pyridine rings is 1. The van der Waals surface area contributed by atoms with Crippen LogP contribution in [0.15, 0.2) is 18.6 Å². The van der Waals surface area contributed by atoms with Crippen molar-refractivity contribution in [3.8, 4) is 0 Å². The number of alkyl halides is 3. The highest BCUT2D eigenvalue weighted by Gasteiger charge is 2.31. The molecule has 0 aliphatic carbocycles. The Morgan fingerprint density at radius 1 is 1.13 bits per heavy atom. The Labute approximate surface area is 135 Å². The van der Waals surface area contributed by atoms with Gasteiger partial charge in [-0.25, -0.2) is 15.0 Å². The van der Waals surface area contributed by atoms with Crippen molar-refractivity contribution in [3.63, 3.8) is 0 Å². The van der Waals surface area contributed by atoms with Crippen LogP contribution in [0, 0.1) is 0 Å². The van der Waals surface area contributed by atoms with Crippen LogP contribution in [0.3, 0.4) is 0 Å². The number of nitrogens with two attached hydrogens (primary N) is 1. The number of nitrogen functional groups attached to an aromatic ring is 1. The van der Waals surface area contributed by atoms with E-state index in [4.69, 9.17) is 17.3 Å². The lowest BCUT2D eigenvalue weighted by molar-refractivity contribution is -0.137. The van der Waals surface area contributed by atoms with Gasteiger partial charge in [-0.15, -0.1) is 0 Å². The molecule has 10 heteroatoms. The predicted octanol–water partition coefficient (Wildman–Crippen LogP) is 3.69. The maximum atomic E-state index is 12.6. The van der Waals surface area contributed by atoms with Crippen LogP contribution in [0.1, 0.15) is 19.4 Å². The molecule has 23 heavy (non-hydrogen) atoms. The molecule has 0 aliphatic heterocycles. The van der Waals surface area contributed by atoms with Gasteiger partial charge in [-0.1, -0.05) is 11.6 Å². The third-order valence-electron chi connectivity index (χ3n) is 2.71. The van der Waals surface area contributed by atoms with Gasteiger partial charge in [0.15, 0.2) is 11.6 Å². The average Bonchev–Trinajstić information content (AvgIpc) is 2.43. The van der Waals surface area contributed by atoms with E-state index in [1.54, 1.807) is 0 Å². The first-order valence-electron chi connectivity index (χ1n) is 6.55. The molecule has 0 amide bonds. The van der Waals surface area contributed by atoms with Gasteiger partial charge >= 0.3 is 6.18 Å². The fourth-order valence-corrected chi connectivity index (χ4v) is 1.89. The maximum Gasteiger partial charge on any atom is 0.417 e. The highest BCUT2D eigenvalue weighted by molar-refractivity contribution is 6.33.